The Bertz CT molecular complexity index is 1120. The smallest absolute Gasteiger partial charge is 0.273 e. The van der Waals surface area contributed by atoms with Crippen molar-refractivity contribution in [3.63, 3.8) is 0 Å². The molecule has 3 rings (SSSR count). The molecule has 0 unspecified atom stereocenters. The molecule has 0 N–H and O–H groups in total. The standard InChI is InChI=1S/C21H17Cl2NO4S/c1-2-28-17-11-9-16(10-12-17)24(29(26,27)18-6-4-3-5-7-18)21(25)19-13-8-15(22)14-20(19)23/h3-14H,2H2,1H3. The van der Waals surface area contributed by atoms with Crippen LogP contribution in [0.15, 0.2) is 77.7 Å². The fourth-order valence-electron chi connectivity index (χ4n) is 2.68. The summed E-state index contributed by atoms with van der Waals surface area (Å²) >= 11 is 12.1. The summed E-state index contributed by atoms with van der Waals surface area (Å²) in [6, 6.07) is 18.2. The molecule has 0 aliphatic carbocycles. The molecule has 29 heavy (non-hydrogen) atoms. The maximum Gasteiger partial charge on any atom is 0.273 e. The van der Waals surface area contributed by atoms with E-state index in [0.717, 1.165) is 4.31 Å². The van der Waals surface area contributed by atoms with Gasteiger partial charge >= 0.3 is 0 Å². The number of rotatable bonds is 6. The SMILES string of the molecule is CCOc1ccc(N(C(=O)c2ccc(Cl)cc2Cl)S(=O)(=O)c2ccccc2)cc1. The average Bonchev–Trinajstić information content (AvgIpc) is 2.70. The molecule has 5 nitrogen and oxygen atoms in total. The molecule has 3 aromatic carbocycles. The van der Waals surface area contributed by atoms with Gasteiger partial charge < -0.3 is 4.74 Å². The first-order valence-electron chi connectivity index (χ1n) is 8.67. The minimum absolute atomic E-state index is 0.0180. The molecule has 0 saturated carbocycles. The highest BCUT2D eigenvalue weighted by atomic mass is 35.5. The Morgan fingerprint density at radius 1 is 0.966 bits per heavy atom. The minimum Gasteiger partial charge on any atom is -0.494 e. The second-order valence-electron chi connectivity index (χ2n) is 5.94. The molecular formula is C21H17Cl2NO4S. The van der Waals surface area contributed by atoms with Crippen molar-refractivity contribution in [3.05, 3.63) is 88.4 Å². The van der Waals surface area contributed by atoms with E-state index in [1.165, 1.54) is 42.5 Å². The number of hydrogen-bond acceptors (Lipinski definition) is 4. The third-order valence-electron chi connectivity index (χ3n) is 4.01. The van der Waals surface area contributed by atoms with Crippen LogP contribution in [0.5, 0.6) is 5.75 Å². The van der Waals surface area contributed by atoms with E-state index in [0.29, 0.717) is 17.4 Å². The van der Waals surface area contributed by atoms with Crippen molar-refractivity contribution in [1.29, 1.82) is 0 Å². The average molecular weight is 450 g/mol. The summed E-state index contributed by atoms with van der Waals surface area (Å²) in [4.78, 5) is 13.3. The maximum absolute atomic E-state index is 13.3. The molecular weight excluding hydrogens is 433 g/mol. The van der Waals surface area contributed by atoms with Crippen molar-refractivity contribution in [3.8, 4) is 5.75 Å². The Kier molecular flexibility index (Phi) is 6.47. The summed E-state index contributed by atoms with van der Waals surface area (Å²) in [6.07, 6.45) is 0. The van der Waals surface area contributed by atoms with Crippen LogP contribution in [-0.4, -0.2) is 20.9 Å². The van der Waals surface area contributed by atoms with Crippen molar-refractivity contribution >= 4 is 44.8 Å². The van der Waals surface area contributed by atoms with Crippen molar-refractivity contribution in [2.24, 2.45) is 0 Å². The predicted molar refractivity (Wildman–Crippen MR) is 115 cm³/mol. The van der Waals surface area contributed by atoms with Gasteiger partial charge in [-0.1, -0.05) is 41.4 Å². The lowest BCUT2D eigenvalue weighted by atomic mass is 10.2. The van der Waals surface area contributed by atoms with Gasteiger partial charge in [0.05, 0.1) is 27.8 Å². The van der Waals surface area contributed by atoms with E-state index in [1.807, 2.05) is 6.92 Å². The predicted octanol–water partition coefficient (Wildman–Crippen LogP) is 5.43. The number of halogens is 2. The van der Waals surface area contributed by atoms with Gasteiger partial charge in [0.2, 0.25) is 0 Å². The summed E-state index contributed by atoms with van der Waals surface area (Å²) < 4.78 is 32.8. The molecule has 0 heterocycles. The Hall–Kier alpha value is -2.54. The molecule has 0 aliphatic rings. The van der Waals surface area contributed by atoms with Crippen LogP contribution < -0.4 is 9.04 Å². The van der Waals surface area contributed by atoms with Gasteiger partial charge in [-0.25, -0.2) is 8.42 Å². The molecule has 0 radical (unpaired) electrons. The monoisotopic (exact) mass is 449 g/mol. The number of nitrogens with zero attached hydrogens (tertiary/aromatic N) is 1. The van der Waals surface area contributed by atoms with Gasteiger partial charge in [0.1, 0.15) is 5.75 Å². The number of carbonyl (C=O) groups excluding carboxylic acids is 1. The minimum atomic E-state index is -4.20. The van der Waals surface area contributed by atoms with E-state index in [9.17, 15) is 13.2 Å². The number of anilines is 1. The molecule has 8 heteroatoms. The van der Waals surface area contributed by atoms with Crippen molar-refractivity contribution in [2.75, 3.05) is 10.9 Å². The number of amides is 1. The van der Waals surface area contributed by atoms with E-state index in [4.69, 9.17) is 27.9 Å². The molecule has 0 atom stereocenters. The summed E-state index contributed by atoms with van der Waals surface area (Å²) in [5.41, 5.74) is 0.179. The third kappa shape index (κ3) is 4.56. The molecule has 3 aromatic rings. The quantitative estimate of drug-likeness (QED) is 0.503. The molecule has 0 aliphatic heterocycles. The van der Waals surface area contributed by atoms with Gasteiger partial charge in [0.25, 0.3) is 15.9 Å². The van der Waals surface area contributed by atoms with E-state index in [2.05, 4.69) is 0 Å². The van der Waals surface area contributed by atoms with Crippen LogP contribution in [-0.2, 0) is 10.0 Å². The zero-order valence-corrected chi connectivity index (χ0v) is 17.7. The third-order valence-corrected chi connectivity index (χ3v) is 6.28. The van der Waals surface area contributed by atoms with Gasteiger partial charge in [0, 0.05) is 5.02 Å². The lowest BCUT2D eigenvalue weighted by Gasteiger charge is -2.23. The Labute approximate surface area is 179 Å². The molecule has 150 valence electrons. The summed E-state index contributed by atoms with van der Waals surface area (Å²) in [6.45, 7) is 2.30. The fourth-order valence-corrected chi connectivity index (χ4v) is 4.60. The maximum atomic E-state index is 13.3. The first-order valence-corrected chi connectivity index (χ1v) is 10.9. The van der Waals surface area contributed by atoms with Crippen LogP contribution in [0, 0.1) is 0 Å². The summed E-state index contributed by atoms with van der Waals surface area (Å²) in [5.74, 6) is -0.232. The van der Waals surface area contributed by atoms with Gasteiger partial charge in [-0.15, -0.1) is 0 Å². The van der Waals surface area contributed by atoms with E-state index in [-0.39, 0.29) is 21.2 Å². The van der Waals surface area contributed by atoms with Crippen LogP contribution in [0.25, 0.3) is 0 Å². The zero-order valence-electron chi connectivity index (χ0n) is 15.4. The fraction of sp³-hybridized carbons (Fsp3) is 0.0952. The van der Waals surface area contributed by atoms with E-state index in [1.54, 1.807) is 30.3 Å². The van der Waals surface area contributed by atoms with Crippen molar-refractivity contribution in [2.45, 2.75) is 11.8 Å². The largest absolute Gasteiger partial charge is 0.494 e. The highest BCUT2D eigenvalue weighted by molar-refractivity contribution is 7.93. The summed E-state index contributed by atoms with van der Waals surface area (Å²) in [7, 11) is -4.20. The molecule has 0 spiro atoms. The molecule has 1 amide bonds. The second-order valence-corrected chi connectivity index (χ2v) is 8.57. The van der Waals surface area contributed by atoms with E-state index < -0.39 is 15.9 Å². The number of benzene rings is 3. The first kappa shape index (κ1) is 21.2. The number of carbonyl (C=O) groups is 1. The Morgan fingerprint density at radius 3 is 2.21 bits per heavy atom. The van der Waals surface area contributed by atoms with Crippen molar-refractivity contribution in [1.82, 2.24) is 0 Å². The number of ether oxygens (including phenoxy) is 1. The number of hydrogen-bond donors (Lipinski definition) is 0. The highest BCUT2D eigenvalue weighted by Crippen LogP contribution is 2.30. The first-order chi connectivity index (χ1) is 13.8. The van der Waals surface area contributed by atoms with Crippen molar-refractivity contribution < 1.29 is 17.9 Å². The molecule has 0 aromatic heterocycles. The van der Waals surface area contributed by atoms with E-state index >= 15 is 0 Å². The summed E-state index contributed by atoms with van der Waals surface area (Å²) in [5, 5.41) is 0.395. The van der Waals surface area contributed by atoms with Gasteiger partial charge in [-0.2, -0.15) is 4.31 Å². The number of sulfonamides is 1. The van der Waals surface area contributed by atoms with Gasteiger partial charge in [0.15, 0.2) is 0 Å². The molecule has 0 fully saturated rings. The Balaban J connectivity index is 2.14. The van der Waals surface area contributed by atoms with Crippen LogP contribution >= 0.6 is 23.2 Å². The van der Waals surface area contributed by atoms with Crippen LogP contribution in [0.3, 0.4) is 0 Å². The lowest BCUT2D eigenvalue weighted by Crippen LogP contribution is -2.37. The molecule has 0 saturated heterocycles. The van der Waals surface area contributed by atoms with Gasteiger partial charge in [-0.05, 0) is 61.5 Å². The van der Waals surface area contributed by atoms with Gasteiger partial charge in [-0.3, -0.25) is 4.79 Å². The Morgan fingerprint density at radius 2 is 1.62 bits per heavy atom. The normalized spacial score (nSPS) is 11.1. The second kappa shape index (κ2) is 8.86. The van der Waals surface area contributed by atoms with Crippen LogP contribution in [0.1, 0.15) is 17.3 Å². The zero-order chi connectivity index (χ0) is 21.0. The highest BCUT2D eigenvalue weighted by Gasteiger charge is 2.32. The van der Waals surface area contributed by atoms with Crippen LogP contribution in [0.2, 0.25) is 10.0 Å². The lowest BCUT2D eigenvalue weighted by molar-refractivity contribution is 0.101. The molecule has 0 bridgehead atoms. The van der Waals surface area contributed by atoms with Crippen LogP contribution in [0.4, 0.5) is 5.69 Å². The topological polar surface area (TPSA) is 63.7 Å².